The molecule has 4 rings (SSSR count). The third kappa shape index (κ3) is 16.0. The minimum atomic E-state index is -1.83. The molecular weight excluding hydrogens is 503 g/mol. The molecule has 2 aromatic carbocycles. The van der Waals surface area contributed by atoms with Crippen LogP contribution in [0.2, 0.25) is 0 Å². The molecule has 3 nitrogen and oxygen atoms in total. The van der Waals surface area contributed by atoms with Gasteiger partial charge in [0.25, 0.3) is 0 Å². The Balaban J connectivity index is 0.000000440. The van der Waals surface area contributed by atoms with Crippen molar-refractivity contribution >= 4 is 26.8 Å². The van der Waals surface area contributed by atoms with E-state index in [0.29, 0.717) is 0 Å². The van der Waals surface area contributed by atoms with Gasteiger partial charge in [0.05, 0.1) is 14.2 Å². The summed E-state index contributed by atoms with van der Waals surface area (Å²) in [5.41, 5.74) is 0. The zero-order valence-corrected chi connectivity index (χ0v) is 22.1. The van der Waals surface area contributed by atoms with E-state index in [1.54, 1.807) is 0 Å². The summed E-state index contributed by atoms with van der Waals surface area (Å²) in [6.07, 6.45) is 20.0. The summed E-state index contributed by atoms with van der Waals surface area (Å²) in [6.45, 7) is 2.31. The molecule has 2 aliphatic rings. The van der Waals surface area contributed by atoms with Gasteiger partial charge in [-0.05, 0) is 89.4 Å². The fourth-order valence-electron chi connectivity index (χ4n) is 2.17. The molecule has 0 N–H and O–H groups in total. The van der Waals surface area contributed by atoms with Crippen LogP contribution in [0, 0.1) is 64.2 Å². The van der Waals surface area contributed by atoms with E-state index in [4.69, 9.17) is 0 Å². The molecule has 0 unspecified atom stereocenters. The van der Waals surface area contributed by atoms with E-state index >= 15 is 0 Å². The molecule has 2 saturated carbocycles. The summed E-state index contributed by atoms with van der Waals surface area (Å²) in [5.74, 6) is 0. The molecule has 0 amide bonds. The van der Waals surface area contributed by atoms with Crippen molar-refractivity contribution in [2.24, 2.45) is 0 Å². The molecule has 6 heteroatoms. The number of rotatable bonds is 4. The SMILES string of the molecule is CO[P+](=O)OC.CP(c1ccccc1)c1ccccc1.[CH]1[CH][CH][CH][CH]1.[CH]1[CH][CH][CH][CH]1.[Nb+2]. The van der Waals surface area contributed by atoms with Crippen molar-refractivity contribution in [1.29, 1.82) is 0 Å². The minimum Gasteiger partial charge on any atom is -0.122 e. The van der Waals surface area contributed by atoms with E-state index in [2.05, 4.69) is 76.4 Å². The molecule has 0 spiro atoms. The van der Waals surface area contributed by atoms with Crippen LogP contribution in [0.15, 0.2) is 60.7 Å². The second-order valence-corrected chi connectivity index (χ2v) is 9.07. The summed E-state index contributed by atoms with van der Waals surface area (Å²) >= 11 is 0. The maximum Gasteiger partial charge on any atom is 2.00 e. The van der Waals surface area contributed by atoms with Crippen LogP contribution in [0.4, 0.5) is 0 Å². The quantitative estimate of drug-likeness (QED) is 0.373. The van der Waals surface area contributed by atoms with E-state index in [1.807, 2.05) is 64.2 Å². The van der Waals surface area contributed by atoms with E-state index < -0.39 is 8.25 Å². The fourth-order valence-corrected chi connectivity index (χ4v) is 3.85. The van der Waals surface area contributed by atoms with Crippen LogP contribution >= 0.6 is 16.2 Å². The first-order valence-electron chi connectivity index (χ1n) is 9.41. The van der Waals surface area contributed by atoms with E-state index in [9.17, 15) is 4.57 Å². The maximum absolute atomic E-state index is 9.88. The summed E-state index contributed by atoms with van der Waals surface area (Å²) in [4.78, 5) is 0. The van der Waals surface area contributed by atoms with Crippen molar-refractivity contribution in [3.05, 3.63) is 125 Å². The number of hydrogen-bond donors (Lipinski definition) is 0. The van der Waals surface area contributed by atoms with E-state index in [1.165, 1.54) is 24.8 Å². The van der Waals surface area contributed by atoms with Gasteiger partial charge in [-0.15, -0.1) is 9.05 Å². The smallest absolute Gasteiger partial charge is 0.122 e. The Kier molecular flexibility index (Phi) is 21.2. The molecule has 0 aliphatic heterocycles. The zero-order valence-electron chi connectivity index (χ0n) is 18.1. The number of hydrogen-bond acceptors (Lipinski definition) is 3. The summed E-state index contributed by atoms with van der Waals surface area (Å²) in [7, 11) is 0.646. The monoisotopic (exact) mass is 532 g/mol. The second-order valence-electron chi connectivity index (χ2n) is 5.74. The molecule has 0 atom stereocenters. The van der Waals surface area contributed by atoms with Crippen molar-refractivity contribution in [1.82, 2.24) is 0 Å². The van der Waals surface area contributed by atoms with Crippen molar-refractivity contribution in [2.75, 3.05) is 20.9 Å². The van der Waals surface area contributed by atoms with Gasteiger partial charge in [-0.2, -0.15) is 0 Å². The van der Waals surface area contributed by atoms with Gasteiger partial charge in [0, 0.05) is 4.57 Å². The molecule has 11 radical (unpaired) electrons. The summed E-state index contributed by atoms with van der Waals surface area (Å²) in [5, 5.41) is 2.88. The maximum atomic E-state index is 9.88. The van der Waals surface area contributed by atoms with Gasteiger partial charge in [-0.1, -0.05) is 60.7 Å². The van der Waals surface area contributed by atoms with E-state index in [-0.39, 0.29) is 30.3 Å². The largest absolute Gasteiger partial charge is 2.00 e. The first kappa shape index (κ1) is 30.6. The average Bonchev–Trinajstić information content (AvgIpc) is 3.59. The predicted molar refractivity (Wildman–Crippen MR) is 130 cm³/mol. The zero-order chi connectivity index (χ0) is 21.9. The Labute approximate surface area is 207 Å². The average molecular weight is 532 g/mol. The normalized spacial score (nSPS) is 14.1. The molecular formula is C25H29NbO3P2+3. The van der Waals surface area contributed by atoms with Gasteiger partial charge in [-0.3, -0.25) is 0 Å². The van der Waals surface area contributed by atoms with Crippen molar-refractivity contribution in [3.8, 4) is 0 Å². The molecule has 2 fully saturated rings. The van der Waals surface area contributed by atoms with Crippen LogP contribution in [0.25, 0.3) is 0 Å². The van der Waals surface area contributed by atoms with E-state index in [0.717, 1.165) is 0 Å². The van der Waals surface area contributed by atoms with Gasteiger partial charge < -0.3 is 0 Å². The van der Waals surface area contributed by atoms with Crippen LogP contribution in [0.1, 0.15) is 0 Å². The Bertz CT molecular complexity index is 578. The van der Waals surface area contributed by atoms with Gasteiger partial charge >= 0.3 is 30.6 Å². The Morgan fingerprint density at radius 3 is 1.03 bits per heavy atom. The topological polar surface area (TPSA) is 35.5 Å². The van der Waals surface area contributed by atoms with Gasteiger partial charge in [0.1, 0.15) is 0 Å². The third-order valence-electron chi connectivity index (χ3n) is 3.70. The third-order valence-corrected chi connectivity index (χ3v) is 6.44. The first-order valence-corrected chi connectivity index (χ1v) is 12.3. The molecule has 31 heavy (non-hydrogen) atoms. The summed E-state index contributed by atoms with van der Waals surface area (Å²) in [6, 6.07) is 21.4. The summed E-state index contributed by atoms with van der Waals surface area (Å²) < 4.78 is 18.3. The van der Waals surface area contributed by atoms with Crippen LogP contribution in [-0.2, 0) is 36.0 Å². The van der Waals surface area contributed by atoms with Crippen LogP contribution < -0.4 is 10.6 Å². The fraction of sp³-hybridized carbons (Fsp3) is 0.120. The molecule has 2 aliphatic carbocycles. The second kappa shape index (κ2) is 21.5. The van der Waals surface area contributed by atoms with Crippen LogP contribution in [-0.4, -0.2) is 20.9 Å². The first-order chi connectivity index (χ1) is 14.7. The molecule has 159 valence electrons. The molecule has 0 saturated heterocycles. The predicted octanol–water partition coefficient (Wildman–Crippen LogP) is 5.73. The Hall–Kier alpha value is -0.370. The minimum absolute atomic E-state index is 0. The van der Waals surface area contributed by atoms with Crippen molar-refractivity contribution in [3.63, 3.8) is 0 Å². The number of benzene rings is 2. The molecule has 0 heterocycles. The Morgan fingerprint density at radius 1 is 0.581 bits per heavy atom. The molecule has 2 aromatic rings. The Morgan fingerprint density at radius 2 is 0.839 bits per heavy atom. The van der Waals surface area contributed by atoms with Crippen molar-refractivity contribution in [2.45, 2.75) is 0 Å². The van der Waals surface area contributed by atoms with Crippen LogP contribution in [0.5, 0.6) is 0 Å². The van der Waals surface area contributed by atoms with Gasteiger partial charge in [-0.25, -0.2) is 0 Å². The molecule has 0 bridgehead atoms. The standard InChI is InChI=1S/C13H13P.2C5H5.C2H6O3P.Nb/c1-14(12-8-4-2-5-9-12)13-10-6-3-7-11-13;2*1-2-4-5-3-1;1-4-6(3)5-2;/h2-11H,1H3;2*1-5H;1-2H3;/q;;;+1;+2. The van der Waals surface area contributed by atoms with Gasteiger partial charge in [0.15, 0.2) is 0 Å². The van der Waals surface area contributed by atoms with Crippen LogP contribution in [0.3, 0.4) is 0 Å². The molecule has 0 aromatic heterocycles. The van der Waals surface area contributed by atoms with Crippen molar-refractivity contribution < 1.29 is 36.0 Å². The van der Waals surface area contributed by atoms with Gasteiger partial charge in [0.2, 0.25) is 0 Å².